The number of likely N-dealkylation sites (N-methyl/N-ethyl adjacent to an activating group) is 1. The summed E-state index contributed by atoms with van der Waals surface area (Å²) in [4.78, 5) is 15.5. The van der Waals surface area contributed by atoms with Crippen molar-refractivity contribution in [3.05, 3.63) is 22.2 Å². The van der Waals surface area contributed by atoms with Crippen molar-refractivity contribution < 1.29 is 4.79 Å². The molecule has 17 heavy (non-hydrogen) atoms. The van der Waals surface area contributed by atoms with Crippen LogP contribution >= 0.6 is 23.2 Å². The van der Waals surface area contributed by atoms with E-state index in [0.717, 1.165) is 0 Å². The summed E-state index contributed by atoms with van der Waals surface area (Å²) in [6, 6.07) is 3.27. The first kappa shape index (κ1) is 12.0. The number of nitrogens with one attached hydrogen (secondary N) is 1. The number of carbonyl (C=O) groups excluding carboxylic acids is 1. The van der Waals surface area contributed by atoms with E-state index in [4.69, 9.17) is 28.9 Å². The van der Waals surface area contributed by atoms with Crippen molar-refractivity contribution in [3.8, 4) is 0 Å². The van der Waals surface area contributed by atoms with Crippen molar-refractivity contribution in [2.45, 2.75) is 6.54 Å². The zero-order valence-corrected chi connectivity index (χ0v) is 10.5. The fourth-order valence-electron chi connectivity index (χ4n) is 1.53. The third-order valence-corrected chi connectivity index (χ3v) is 3.12. The van der Waals surface area contributed by atoms with Crippen molar-refractivity contribution in [2.75, 3.05) is 12.8 Å². The van der Waals surface area contributed by atoms with Gasteiger partial charge in [-0.15, -0.1) is 0 Å². The van der Waals surface area contributed by atoms with Crippen LogP contribution in [-0.2, 0) is 11.3 Å². The molecule has 1 amide bonds. The minimum Gasteiger partial charge on any atom is -0.369 e. The fraction of sp³-hybridized carbons (Fsp3) is 0.200. The van der Waals surface area contributed by atoms with Gasteiger partial charge in [0.25, 0.3) is 0 Å². The van der Waals surface area contributed by atoms with Crippen LogP contribution in [0.15, 0.2) is 12.1 Å². The quantitative estimate of drug-likeness (QED) is 0.874. The van der Waals surface area contributed by atoms with E-state index < -0.39 is 0 Å². The van der Waals surface area contributed by atoms with Gasteiger partial charge in [0.1, 0.15) is 6.54 Å². The van der Waals surface area contributed by atoms with Gasteiger partial charge in [0, 0.05) is 7.05 Å². The molecule has 2 aromatic rings. The van der Waals surface area contributed by atoms with Gasteiger partial charge in [0.2, 0.25) is 11.9 Å². The number of carbonyl (C=O) groups is 1. The minimum absolute atomic E-state index is 0.0940. The molecule has 0 aliphatic rings. The molecule has 5 nitrogen and oxygen atoms in total. The van der Waals surface area contributed by atoms with Gasteiger partial charge in [-0.2, -0.15) is 0 Å². The smallest absolute Gasteiger partial charge is 0.239 e. The monoisotopic (exact) mass is 272 g/mol. The summed E-state index contributed by atoms with van der Waals surface area (Å²) in [5.41, 5.74) is 7.04. The number of hydrogen-bond acceptors (Lipinski definition) is 3. The van der Waals surface area contributed by atoms with E-state index in [-0.39, 0.29) is 18.4 Å². The average molecular weight is 273 g/mol. The number of amides is 1. The van der Waals surface area contributed by atoms with Gasteiger partial charge in [-0.3, -0.25) is 4.79 Å². The van der Waals surface area contributed by atoms with Gasteiger partial charge in [-0.05, 0) is 12.1 Å². The number of rotatable bonds is 2. The van der Waals surface area contributed by atoms with Gasteiger partial charge in [0.05, 0.1) is 21.1 Å². The molecule has 0 saturated carbocycles. The van der Waals surface area contributed by atoms with Crippen LogP contribution in [0.2, 0.25) is 10.0 Å². The highest BCUT2D eigenvalue weighted by Gasteiger charge is 2.12. The summed E-state index contributed by atoms with van der Waals surface area (Å²) in [5.74, 6) is 0.0870. The number of fused-ring (bicyclic) bond motifs is 1. The van der Waals surface area contributed by atoms with E-state index in [1.165, 1.54) is 0 Å². The molecule has 0 atom stereocenters. The lowest BCUT2D eigenvalue weighted by molar-refractivity contribution is -0.121. The highest BCUT2D eigenvalue weighted by Crippen LogP contribution is 2.28. The molecule has 1 heterocycles. The summed E-state index contributed by atoms with van der Waals surface area (Å²) in [7, 11) is 1.56. The lowest BCUT2D eigenvalue weighted by Crippen LogP contribution is -2.24. The van der Waals surface area contributed by atoms with Crippen LogP contribution < -0.4 is 11.1 Å². The molecular formula is C10H10Cl2N4O. The lowest BCUT2D eigenvalue weighted by atomic mass is 10.3. The van der Waals surface area contributed by atoms with Crippen LogP contribution in [-0.4, -0.2) is 22.5 Å². The molecule has 1 aromatic carbocycles. The van der Waals surface area contributed by atoms with Crippen LogP contribution in [0.25, 0.3) is 11.0 Å². The standard InChI is InChI=1S/C10H10Cl2N4O/c1-14-9(17)4-16-8-3-6(12)5(11)2-7(8)15-10(16)13/h2-3H,4H2,1H3,(H2,13,15)(H,14,17). The molecule has 0 unspecified atom stereocenters. The van der Waals surface area contributed by atoms with Crippen LogP contribution in [0.4, 0.5) is 5.95 Å². The largest absolute Gasteiger partial charge is 0.369 e. The van der Waals surface area contributed by atoms with Crippen LogP contribution in [0.3, 0.4) is 0 Å². The molecule has 2 rings (SSSR count). The van der Waals surface area contributed by atoms with E-state index in [1.807, 2.05) is 0 Å². The van der Waals surface area contributed by atoms with Gasteiger partial charge < -0.3 is 15.6 Å². The number of nitrogens with zero attached hydrogens (tertiary/aromatic N) is 2. The molecule has 7 heteroatoms. The Morgan fingerprint density at radius 1 is 1.47 bits per heavy atom. The van der Waals surface area contributed by atoms with Crippen molar-refractivity contribution in [2.24, 2.45) is 0 Å². The predicted molar refractivity (Wildman–Crippen MR) is 68.2 cm³/mol. The third-order valence-electron chi connectivity index (χ3n) is 2.40. The Bertz CT molecular complexity index is 593. The SMILES string of the molecule is CNC(=O)Cn1c(N)nc2cc(Cl)c(Cl)cc21. The van der Waals surface area contributed by atoms with Gasteiger partial charge in [-0.1, -0.05) is 23.2 Å². The number of benzene rings is 1. The number of nitrogen functional groups attached to an aromatic ring is 1. The highest BCUT2D eigenvalue weighted by molar-refractivity contribution is 6.42. The summed E-state index contributed by atoms with van der Waals surface area (Å²) < 4.78 is 1.58. The van der Waals surface area contributed by atoms with E-state index >= 15 is 0 Å². The molecule has 0 radical (unpaired) electrons. The van der Waals surface area contributed by atoms with Gasteiger partial charge in [-0.25, -0.2) is 4.98 Å². The number of hydrogen-bond donors (Lipinski definition) is 2. The molecule has 0 aliphatic carbocycles. The van der Waals surface area contributed by atoms with E-state index in [1.54, 1.807) is 23.7 Å². The molecule has 0 spiro atoms. The zero-order chi connectivity index (χ0) is 12.6. The summed E-state index contributed by atoms with van der Waals surface area (Å²) >= 11 is 11.8. The Labute approximate surface area is 108 Å². The Hall–Kier alpha value is -1.46. The van der Waals surface area contributed by atoms with Crippen molar-refractivity contribution >= 4 is 46.1 Å². The van der Waals surface area contributed by atoms with E-state index in [2.05, 4.69) is 10.3 Å². The molecule has 3 N–H and O–H groups in total. The van der Waals surface area contributed by atoms with Crippen LogP contribution in [0.5, 0.6) is 0 Å². The number of nitrogens with two attached hydrogens (primary N) is 1. The number of aromatic nitrogens is 2. The molecule has 0 fully saturated rings. The van der Waals surface area contributed by atoms with Crippen LogP contribution in [0.1, 0.15) is 0 Å². The average Bonchev–Trinajstić information content (AvgIpc) is 2.56. The van der Waals surface area contributed by atoms with E-state index in [9.17, 15) is 4.79 Å². The summed E-state index contributed by atoms with van der Waals surface area (Å²) in [6.07, 6.45) is 0. The Morgan fingerprint density at radius 3 is 2.76 bits per heavy atom. The predicted octanol–water partition coefficient (Wildman–Crippen LogP) is 1.67. The first-order chi connectivity index (χ1) is 8.02. The molecule has 0 saturated heterocycles. The summed E-state index contributed by atoms with van der Waals surface area (Å²) in [6.45, 7) is 0.0940. The number of imidazole rings is 1. The van der Waals surface area contributed by atoms with Crippen LogP contribution in [0, 0.1) is 0 Å². The highest BCUT2D eigenvalue weighted by atomic mass is 35.5. The first-order valence-electron chi connectivity index (χ1n) is 4.84. The van der Waals surface area contributed by atoms with E-state index in [0.29, 0.717) is 21.1 Å². The normalized spacial score (nSPS) is 10.8. The minimum atomic E-state index is -0.165. The lowest BCUT2D eigenvalue weighted by Gasteiger charge is -2.05. The molecule has 0 aliphatic heterocycles. The number of anilines is 1. The van der Waals surface area contributed by atoms with Gasteiger partial charge >= 0.3 is 0 Å². The van der Waals surface area contributed by atoms with Crippen molar-refractivity contribution in [3.63, 3.8) is 0 Å². The topological polar surface area (TPSA) is 72.9 Å². The maximum atomic E-state index is 11.4. The number of halogens is 2. The Balaban J connectivity index is 2.58. The van der Waals surface area contributed by atoms with Crippen molar-refractivity contribution in [1.82, 2.24) is 14.9 Å². The first-order valence-corrected chi connectivity index (χ1v) is 5.60. The third kappa shape index (κ3) is 2.16. The Kier molecular flexibility index (Phi) is 3.13. The fourth-order valence-corrected chi connectivity index (χ4v) is 1.84. The molecule has 90 valence electrons. The van der Waals surface area contributed by atoms with Gasteiger partial charge in [0.15, 0.2) is 0 Å². The zero-order valence-electron chi connectivity index (χ0n) is 9.00. The molecule has 0 bridgehead atoms. The Morgan fingerprint density at radius 2 is 2.12 bits per heavy atom. The molecule has 1 aromatic heterocycles. The second-order valence-corrected chi connectivity index (χ2v) is 4.30. The maximum absolute atomic E-state index is 11.4. The van der Waals surface area contributed by atoms with Crippen molar-refractivity contribution in [1.29, 1.82) is 0 Å². The second-order valence-electron chi connectivity index (χ2n) is 3.48. The summed E-state index contributed by atoms with van der Waals surface area (Å²) in [5, 5.41) is 3.33. The maximum Gasteiger partial charge on any atom is 0.239 e. The second kappa shape index (κ2) is 4.43. The molecular weight excluding hydrogens is 263 g/mol.